The smallest absolute Gasteiger partial charge is 0.362 e. The number of carbonyl (C=O) groups is 3. The minimum absolute atomic E-state index is 0.0300. The number of likely N-dealkylation sites (N-methyl/N-ethyl adjacent to an activating group) is 1. The molecule has 2 atom stereocenters. The van der Waals surface area contributed by atoms with Crippen molar-refractivity contribution >= 4 is 17.9 Å². The molecule has 0 aliphatic rings. The molecule has 0 amide bonds. The molecule has 0 fully saturated rings. The van der Waals surface area contributed by atoms with E-state index in [0.717, 1.165) is 32.1 Å². The molecule has 8 heteroatoms. The van der Waals surface area contributed by atoms with E-state index in [1.807, 2.05) is 75.8 Å². The van der Waals surface area contributed by atoms with Gasteiger partial charge in [0.05, 0.1) is 34.4 Å². The average Bonchev–Trinajstić information content (AvgIpc) is 2.96. The van der Waals surface area contributed by atoms with Crippen LogP contribution in [0, 0.1) is 0 Å². The lowest BCUT2D eigenvalue weighted by atomic mass is 10.1. The maximum atomic E-state index is 12.5. The van der Waals surface area contributed by atoms with Gasteiger partial charge in [-0.25, -0.2) is 4.79 Å². The second-order valence-electron chi connectivity index (χ2n) is 11.8. The molecule has 0 aromatic carbocycles. The van der Waals surface area contributed by atoms with E-state index < -0.39 is 18.1 Å². The molecule has 8 nitrogen and oxygen atoms in total. The van der Waals surface area contributed by atoms with Crippen molar-refractivity contribution in [2.45, 2.75) is 109 Å². The van der Waals surface area contributed by atoms with E-state index in [0.29, 0.717) is 19.3 Å². The van der Waals surface area contributed by atoms with Gasteiger partial charge in [-0.15, -0.1) is 0 Å². The van der Waals surface area contributed by atoms with Crippen molar-refractivity contribution in [3.63, 3.8) is 0 Å². The van der Waals surface area contributed by atoms with Crippen LogP contribution in [0.2, 0.25) is 0 Å². The third-order valence-corrected chi connectivity index (χ3v) is 6.81. The standard InChI is InChI=1S/C36H59NO7/c1-6-8-10-12-14-15-16-17-18-19-21-23-25-27-35(39)44-32(30-42-29-28-33(36(40)41)37(3,4)5)31-43-34(38)26-24-22-20-13-11-9-7-2/h8,10,12,14-19,21,32-33H,6-7,9,11,13,20,22-31H2,1-5H3/p+1/b10-8+,14-12+,16-15+,18-17+,21-19+. The summed E-state index contributed by atoms with van der Waals surface area (Å²) in [6, 6.07) is -0.625. The van der Waals surface area contributed by atoms with Gasteiger partial charge in [-0.2, -0.15) is 0 Å². The Balaban J connectivity index is 4.66. The van der Waals surface area contributed by atoms with Crippen molar-refractivity contribution in [3.05, 3.63) is 60.8 Å². The molecule has 0 saturated heterocycles. The Hall–Kier alpha value is -2.97. The summed E-state index contributed by atoms with van der Waals surface area (Å²) in [6.45, 7) is 4.42. The van der Waals surface area contributed by atoms with E-state index in [1.165, 1.54) is 25.7 Å². The molecule has 0 spiro atoms. The number of aliphatic carboxylic acids is 1. The second-order valence-corrected chi connectivity index (χ2v) is 11.8. The van der Waals surface area contributed by atoms with Crippen LogP contribution in [0.5, 0.6) is 0 Å². The number of unbranched alkanes of at least 4 members (excludes halogenated alkanes) is 7. The predicted molar refractivity (Wildman–Crippen MR) is 178 cm³/mol. The number of carboxylic acid groups (broad SMARTS) is 1. The topological polar surface area (TPSA) is 99.1 Å². The molecular formula is C36H60NO7+. The molecule has 0 aliphatic carbocycles. The quantitative estimate of drug-likeness (QED) is 0.0440. The Kier molecular flexibility index (Phi) is 25.7. The number of allylic oxidation sites excluding steroid dienone is 10. The number of ether oxygens (including phenoxy) is 3. The van der Waals surface area contributed by atoms with Gasteiger partial charge in [0.1, 0.15) is 6.61 Å². The molecule has 2 unspecified atom stereocenters. The zero-order valence-corrected chi connectivity index (χ0v) is 28.1. The molecular weight excluding hydrogens is 558 g/mol. The molecule has 0 rings (SSSR count). The summed E-state index contributed by atoms with van der Waals surface area (Å²) < 4.78 is 17.0. The lowest BCUT2D eigenvalue weighted by molar-refractivity contribution is -0.887. The number of quaternary nitrogens is 1. The maximum Gasteiger partial charge on any atom is 0.362 e. The molecule has 250 valence electrons. The van der Waals surface area contributed by atoms with E-state index in [9.17, 15) is 19.5 Å². The Bertz CT molecular complexity index is 912. The first-order valence-corrected chi connectivity index (χ1v) is 16.4. The van der Waals surface area contributed by atoms with Gasteiger partial charge < -0.3 is 23.8 Å². The van der Waals surface area contributed by atoms with E-state index in [4.69, 9.17) is 14.2 Å². The highest BCUT2D eigenvalue weighted by molar-refractivity contribution is 5.72. The SMILES string of the molecule is CC/C=C/C=C/C=C/C=C/C=C/CCCC(=O)OC(COCCC(C(=O)O)[N+](C)(C)C)COC(=O)CCCCCCCCC. The third-order valence-electron chi connectivity index (χ3n) is 6.81. The fourth-order valence-corrected chi connectivity index (χ4v) is 4.24. The first-order chi connectivity index (χ1) is 21.1. The summed E-state index contributed by atoms with van der Waals surface area (Å²) in [7, 11) is 5.47. The summed E-state index contributed by atoms with van der Waals surface area (Å²) in [5, 5.41) is 9.53. The summed E-state index contributed by atoms with van der Waals surface area (Å²) in [5.74, 6) is -1.59. The van der Waals surface area contributed by atoms with Crippen LogP contribution in [0.25, 0.3) is 0 Å². The minimum Gasteiger partial charge on any atom is -0.477 e. The van der Waals surface area contributed by atoms with E-state index in [-0.39, 0.29) is 42.7 Å². The van der Waals surface area contributed by atoms with Gasteiger partial charge >= 0.3 is 17.9 Å². The molecule has 0 heterocycles. The molecule has 0 radical (unpaired) electrons. The summed E-state index contributed by atoms with van der Waals surface area (Å²) in [6.07, 6.45) is 30.1. The third kappa shape index (κ3) is 25.5. The van der Waals surface area contributed by atoms with Crippen LogP contribution < -0.4 is 0 Å². The average molecular weight is 619 g/mol. The highest BCUT2D eigenvalue weighted by Crippen LogP contribution is 2.11. The zero-order chi connectivity index (χ0) is 32.9. The number of hydrogen-bond acceptors (Lipinski definition) is 6. The largest absolute Gasteiger partial charge is 0.477 e. The van der Waals surface area contributed by atoms with Crippen molar-refractivity contribution in [2.75, 3.05) is 41.0 Å². The van der Waals surface area contributed by atoms with Gasteiger partial charge in [0, 0.05) is 19.3 Å². The maximum absolute atomic E-state index is 12.5. The highest BCUT2D eigenvalue weighted by atomic mass is 16.6. The van der Waals surface area contributed by atoms with Crippen molar-refractivity contribution in [1.29, 1.82) is 0 Å². The lowest BCUT2D eigenvalue weighted by Gasteiger charge is -2.31. The van der Waals surface area contributed by atoms with Crippen LogP contribution in [0.4, 0.5) is 0 Å². The van der Waals surface area contributed by atoms with Gasteiger partial charge in [-0.05, 0) is 25.7 Å². The van der Waals surface area contributed by atoms with Gasteiger partial charge in [-0.1, -0.05) is 113 Å². The Morgan fingerprint density at radius 1 is 0.705 bits per heavy atom. The lowest BCUT2D eigenvalue weighted by Crippen LogP contribution is -2.50. The van der Waals surface area contributed by atoms with Crippen LogP contribution in [0.3, 0.4) is 0 Å². The summed E-state index contributed by atoms with van der Waals surface area (Å²) >= 11 is 0. The van der Waals surface area contributed by atoms with Gasteiger partial charge in [-0.3, -0.25) is 9.59 Å². The van der Waals surface area contributed by atoms with Crippen molar-refractivity contribution < 1.29 is 38.2 Å². The van der Waals surface area contributed by atoms with E-state index in [1.54, 1.807) is 0 Å². The number of nitrogens with zero attached hydrogens (tertiary/aromatic N) is 1. The Labute approximate surface area is 267 Å². The van der Waals surface area contributed by atoms with Crippen molar-refractivity contribution in [2.24, 2.45) is 0 Å². The van der Waals surface area contributed by atoms with Crippen LogP contribution in [0.15, 0.2) is 60.8 Å². The molecule has 44 heavy (non-hydrogen) atoms. The first kappa shape index (κ1) is 41.0. The summed E-state index contributed by atoms with van der Waals surface area (Å²) in [4.78, 5) is 36.4. The molecule has 0 saturated carbocycles. The molecule has 0 aromatic heterocycles. The van der Waals surface area contributed by atoms with Crippen LogP contribution in [-0.2, 0) is 28.6 Å². The zero-order valence-electron chi connectivity index (χ0n) is 28.1. The second kappa shape index (κ2) is 27.6. The van der Waals surface area contributed by atoms with E-state index in [2.05, 4.69) is 19.9 Å². The van der Waals surface area contributed by atoms with Crippen molar-refractivity contribution in [3.8, 4) is 0 Å². The highest BCUT2D eigenvalue weighted by Gasteiger charge is 2.31. The predicted octanol–water partition coefficient (Wildman–Crippen LogP) is 7.51. The molecule has 0 aromatic rings. The first-order valence-electron chi connectivity index (χ1n) is 16.4. The molecule has 0 aliphatic heterocycles. The Morgan fingerprint density at radius 3 is 1.86 bits per heavy atom. The normalized spacial score (nSPS) is 13.9. The van der Waals surface area contributed by atoms with Gasteiger partial charge in [0.25, 0.3) is 0 Å². The summed E-state index contributed by atoms with van der Waals surface area (Å²) in [5.41, 5.74) is 0. The fourth-order valence-electron chi connectivity index (χ4n) is 4.24. The number of esters is 2. The number of rotatable bonds is 27. The van der Waals surface area contributed by atoms with Crippen LogP contribution >= 0.6 is 0 Å². The monoisotopic (exact) mass is 618 g/mol. The van der Waals surface area contributed by atoms with Gasteiger partial charge in [0.15, 0.2) is 12.1 Å². The van der Waals surface area contributed by atoms with Crippen molar-refractivity contribution in [1.82, 2.24) is 0 Å². The molecule has 1 N–H and O–H groups in total. The minimum atomic E-state index is -0.892. The number of carboxylic acids is 1. The van der Waals surface area contributed by atoms with Gasteiger partial charge in [0.2, 0.25) is 0 Å². The number of carbonyl (C=O) groups excluding carboxylic acids is 2. The number of hydrogen-bond donors (Lipinski definition) is 1. The molecule has 0 bridgehead atoms. The van der Waals surface area contributed by atoms with E-state index >= 15 is 0 Å². The van der Waals surface area contributed by atoms with Crippen LogP contribution in [-0.4, -0.2) is 80.6 Å². The fraction of sp³-hybridized carbons (Fsp3) is 0.639. The van der Waals surface area contributed by atoms with Crippen LogP contribution in [0.1, 0.15) is 97.3 Å². The Morgan fingerprint density at radius 2 is 1.27 bits per heavy atom.